The predicted molar refractivity (Wildman–Crippen MR) is 103 cm³/mol. The molecule has 0 radical (unpaired) electrons. The van der Waals surface area contributed by atoms with Crippen molar-refractivity contribution in [2.24, 2.45) is 5.92 Å². The summed E-state index contributed by atoms with van der Waals surface area (Å²) >= 11 is 1.36. The minimum Gasteiger partial charge on any atom is -0.488 e. The van der Waals surface area contributed by atoms with E-state index in [-0.39, 0.29) is 12.5 Å². The quantitative estimate of drug-likeness (QED) is 0.619. The zero-order valence-electron chi connectivity index (χ0n) is 15.0. The fourth-order valence-corrected chi connectivity index (χ4v) is 3.54. The third-order valence-corrected chi connectivity index (χ3v) is 5.36. The van der Waals surface area contributed by atoms with Gasteiger partial charge in [-0.2, -0.15) is 0 Å². The van der Waals surface area contributed by atoms with E-state index in [0.29, 0.717) is 34.5 Å². The van der Waals surface area contributed by atoms with Crippen molar-refractivity contribution in [2.75, 3.05) is 6.54 Å². The number of nitrogens with one attached hydrogen (secondary N) is 1. The molecule has 3 aromatic rings. The smallest absolute Gasteiger partial charge is 0.270 e. The van der Waals surface area contributed by atoms with Gasteiger partial charge in [0.15, 0.2) is 11.6 Å². The van der Waals surface area contributed by atoms with E-state index in [1.54, 1.807) is 11.4 Å². The molecular formula is C21H18F2N2O2S. The van der Waals surface area contributed by atoms with Gasteiger partial charge in [-0.1, -0.05) is 18.2 Å². The average Bonchev–Trinajstić information content (AvgIpc) is 3.41. The maximum atomic E-state index is 13.4. The molecule has 2 aromatic carbocycles. The van der Waals surface area contributed by atoms with Crippen LogP contribution in [-0.4, -0.2) is 17.4 Å². The highest BCUT2D eigenvalue weighted by atomic mass is 32.1. The molecule has 28 heavy (non-hydrogen) atoms. The van der Waals surface area contributed by atoms with E-state index in [0.717, 1.165) is 17.7 Å². The van der Waals surface area contributed by atoms with Gasteiger partial charge in [0.25, 0.3) is 5.91 Å². The number of hydrogen-bond acceptors (Lipinski definition) is 4. The van der Waals surface area contributed by atoms with Crippen molar-refractivity contribution in [3.05, 3.63) is 70.7 Å². The van der Waals surface area contributed by atoms with Gasteiger partial charge in [0.2, 0.25) is 0 Å². The van der Waals surface area contributed by atoms with E-state index < -0.39 is 11.6 Å². The van der Waals surface area contributed by atoms with Gasteiger partial charge in [-0.15, -0.1) is 11.3 Å². The van der Waals surface area contributed by atoms with Crippen LogP contribution in [0.4, 0.5) is 8.78 Å². The summed E-state index contributed by atoms with van der Waals surface area (Å²) < 4.78 is 32.2. The van der Waals surface area contributed by atoms with Crippen LogP contribution >= 0.6 is 11.3 Å². The first-order valence-electron chi connectivity index (χ1n) is 9.00. The molecule has 0 atom stereocenters. The number of nitrogens with zero attached hydrogens (tertiary/aromatic N) is 1. The van der Waals surface area contributed by atoms with Gasteiger partial charge in [-0.25, -0.2) is 13.8 Å². The van der Waals surface area contributed by atoms with E-state index in [4.69, 9.17) is 4.74 Å². The van der Waals surface area contributed by atoms with E-state index in [9.17, 15) is 13.6 Å². The van der Waals surface area contributed by atoms with Crippen LogP contribution in [0.2, 0.25) is 0 Å². The number of aromatic nitrogens is 1. The topological polar surface area (TPSA) is 51.2 Å². The normalized spacial score (nSPS) is 13.4. The van der Waals surface area contributed by atoms with Crippen molar-refractivity contribution in [3.63, 3.8) is 0 Å². The number of thiazole rings is 1. The standard InChI is InChI=1S/C21H18F2N2O2S/c22-16-8-7-14(9-17(16)23)11-27-19-4-2-1-3-15(19)21-25-18(12-28-21)20(26)24-10-13-5-6-13/h1-4,7-9,12-13H,5-6,10-11H2,(H,24,26). The van der Waals surface area contributed by atoms with Crippen LogP contribution in [0.5, 0.6) is 5.75 Å². The van der Waals surface area contributed by atoms with Crippen molar-refractivity contribution >= 4 is 17.2 Å². The number of ether oxygens (including phenoxy) is 1. The van der Waals surface area contributed by atoms with Gasteiger partial charge < -0.3 is 10.1 Å². The maximum Gasteiger partial charge on any atom is 0.270 e. The molecule has 144 valence electrons. The Labute approximate surface area is 165 Å². The number of carbonyl (C=O) groups excluding carboxylic acids is 1. The molecule has 1 saturated carbocycles. The number of amides is 1. The number of halogens is 2. The molecule has 1 N–H and O–H groups in total. The highest BCUT2D eigenvalue weighted by molar-refractivity contribution is 7.13. The largest absolute Gasteiger partial charge is 0.488 e. The lowest BCUT2D eigenvalue weighted by Crippen LogP contribution is -2.25. The van der Waals surface area contributed by atoms with Crippen LogP contribution < -0.4 is 10.1 Å². The van der Waals surface area contributed by atoms with Crippen LogP contribution in [-0.2, 0) is 6.61 Å². The average molecular weight is 400 g/mol. The first-order chi connectivity index (χ1) is 13.6. The molecular weight excluding hydrogens is 382 g/mol. The fourth-order valence-electron chi connectivity index (χ4n) is 2.71. The maximum absolute atomic E-state index is 13.4. The van der Waals surface area contributed by atoms with E-state index in [1.807, 2.05) is 18.2 Å². The van der Waals surface area contributed by atoms with Crippen molar-refractivity contribution < 1.29 is 18.3 Å². The van der Waals surface area contributed by atoms with Crippen molar-refractivity contribution in [1.82, 2.24) is 10.3 Å². The highest BCUT2D eigenvalue weighted by Gasteiger charge is 2.22. The monoisotopic (exact) mass is 400 g/mol. The van der Waals surface area contributed by atoms with Crippen LogP contribution in [0.1, 0.15) is 28.9 Å². The van der Waals surface area contributed by atoms with E-state index in [2.05, 4.69) is 10.3 Å². The van der Waals surface area contributed by atoms with Gasteiger partial charge >= 0.3 is 0 Å². The zero-order valence-corrected chi connectivity index (χ0v) is 15.8. The van der Waals surface area contributed by atoms with E-state index >= 15 is 0 Å². The Kier molecular flexibility index (Phi) is 5.34. The molecule has 1 fully saturated rings. The van der Waals surface area contributed by atoms with Crippen LogP contribution in [0, 0.1) is 17.6 Å². The zero-order chi connectivity index (χ0) is 19.5. The Hall–Kier alpha value is -2.80. The summed E-state index contributed by atoms with van der Waals surface area (Å²) in [6, 6.07) is 11.0. The first kappa shape index (κ1) is 18.6. The molecule has 0 aliphatic heterocycles. The number of carbonyl (C=O) groups is 1. The number of benzene rings is 2. The summed E-state index contributed by atoms with van der Waals surface area (Å²) in [7, 11) is 0. The van der Waals surface area contributed by atoms with Gasteiger partial charge in [0.1, 0.15) is 23.1 Å². The molecule has 0 unspecified atom stereocenters. The van der Waals surface area contributed by atoms with Crippen molar-refractivity contribution in [3.8, 4) is 16.3 Å². The van der Waals surface area contributed by atoms with Crippen molar-refractivity contribution in [2.45, 2.75) is 19.4 Å². The van der Waals surface area contributed by atoms with Gasteiger partial charge in [0, 0.05) is 11.9 Å². The summed E-state index contributed by atoms with van der Waals surface area (Å²) in [5.74, 6) is -0.802. The van der Waals surface area contributed by atoms with Crippen LogP contribution in [0.25, 0.3) is 10.6 Å². The summed E-state index contributed by atoms with van der Waals surface area (Å²) in [5, 5.41) is 5.29. The van der Waals surface area contributed by atoms with Gasteiger partial charge in [-0.05, 0) is 48.6 Å². The molecule has 0 bridgehead atoms. The highest BCUT2D eigenvalue weighted by Crippen LogP contribution is 2.33. The lowest BCUT2D eigenvalue weighted by Gasteiger charge is -2.10. The summed E-state index contributed by atoms with van der Waals surface area (Å²) in [6.45, 7) is 0.786. The second-order valence-electron chi connectivity index (χ2n) is 6.72. The SMILES string of the molecule is O=C(NCC1CC1)c1csc(-c2ccccc2OCc2ccc(F)c(F)c2)n1. The van der Waals surface area contributed by atoms with Gasteiger partial charge in [0.05, 0.1) is 5.56 Å². The van der Waals surface area contributed by atoms with Crippen LogP contribution in [0.3, 0.4) is 0 Å². The molecule has 1 aliphatic carbocycles. The molecule has 7 heteroatoms. The lowest BCUT2D eigenvalue weighted by atomic mass is 10.2. The molecule has 1 amide bonds. The Morgan fingerprint density at radius 1 is 1.18 bits per heavy atom. The Morgan fingerprint density at radius 2 is 2.00 bits per heavy atom. The summed E-state index contributed by atoms with van der Waals surface area (Å²) in [5.41, 5.74) is 1.65. The molecule has 1 heterocycles. The minimum absolute atomic E-state index is 0.0916. The Balaban J connectivity index is 1.47. The van der Waals surface area contributed by atoms with Crippen molar-refractivity contribution in [1.29, 1.82) is 0 Å². The molecule has 1 aliphatic rings. The number of rotatable bonds is 7. The van der Waals surface area contributed by atoms with Gasteiger partial charge in [-0.3, -0.25) is 4.79 Å². The second-order valence-corrected chi connectivity index (χ2v) is 7.58. The Morgan fingerprint density at radius 3 is 2.79 bits per heavy atom. The third kappa shape index (κ3) is 4.36. The Bertz CT molecular complexity index is 1000. The number of hydrogen-bond donors (Lipinski definition) is 1. The fraction of sp³-hybridized carbons (Fsp3) is 0.238. The van der Waals surface area contributed by atoms with E-state index in [1.165, 1.54) is 30.2 Å². The molecule has 4 rings (SSSR count). The predicted octanol–water partition coefficient (Wildman–Crippen LogP) is 4.81. The first-order valence-corrected chi connectivity index (χ1v) is 9.88. The summed E-state index contributed by atoms with van der Waals surface area (Å²) in [4.78, 5) is 16.6. The summed E-state index contributed by atoms with van der Waals surface area (Å²) in [6.07, 6.45) is 2.34. The lowest BCUT2D eigenvalue weighted by molar-refractivity contribution is 0.0947. The molecule has 1 aromatic heterocycles. The molecule has 0 spiro atoms. The third-order valence-electron chi connectivity index (χ3n) is 4.48. The molecule has 0 saturated heterocycles. The second kappa shape index (κ2) is 8.06. The minimum atomic E-state index is -0.906. The molecule has 4 nitrogen and oxygen atoms in total. The number of para-hydroxylation sites is 1. The van der Waals surface area contributed by atoms with Crippen LogP contribution in [0.15, 0.2) is 47.8 Å².